The number of nitrogens with one attached hydrogen (secondary N) is 1. The van der Waals surface area contributed by atoms with Gasteiger partial charge in [-0.1, -0.05) is 25.4 Å². The monoisotopic (exact) mass is 265 g/mol. The van der Waals surface area contributed by atoms with Crippen LogP contribution in [0.15, 0.2) is 11.6 Å². The second-order valence-electron chi connectivity index (χ2n) is 3.44. The summed E-state index contributed by atoms with van der Waals surface area (Å²) in [6.07, 6.45) is 2.00. The molecule has 0 aromatic carbocycles. The van der Waals surface area contributed by atoms with Crippen LogP contribution < -0.4 is 5.32 Å². The Morgan fingerprint density at radius 1 is 1.60 bits per heavy atom. The molecular weight excluding hydrogens is 253 g/mol. The molecule has 2 aromatic heterocycles. The molecule has 0 aliphatic heterocycles. The normalized spacial score (nSPS) is 10.9. The Morgan fingerprint density at radius 2 is 2.33 bits per heavy atom. The highest BCUT2D eigenvalue weighted by Gasteiger charge is 2.10. The van der Waals surface area contributed by atoms with Gasteiger partial charge in [-0.15, -0.1) is 23.7 Å². The molecule has 0 unspecified atom stereocenters. The van der Waals surface area contributed by atoms with E-state index in [2.05, 4.69) is 24.1 Å². The molecule has 6 heteroatoms. The molecule has 0 amide bonds. The van der Waals surface area contributed by atoms with E-state index in [1.54, 1.807) is 11.3 Å². The van der Waals surface area contributed by atoms with Crippen LogP contribution in [0.4, 0.5) is 0 Å². The van der Waals surface area contributed by atoms with Crippen molar-refractivity contribution >= 4 is 40.3 Å². The second kappa shape index (κ2) is 5.16. The van der Waals surface area contributed by atoms with Crippen LogP contribution in [0.3, 0.4) is 0 Å². The largest absolute Gasteiger partial charge is 0.309 e. The summed E-state index contributed by atoms with van der Waals surface area (Å²) in [7, 11) is 0. The van der Waals surface area contributed by atoms with Gasteiger partial charge in [0.15, 0.2) is 10.1 Å². The lowest BCUT2D eigenvalue weighted by Gasteiger charge is -2.06. The topological polar surface area (TPSA) is 29.3 Å². The number of rotatable bonds is 3. The number of hydrogen-bond donors (Lipinski definition) is 1. The molecule has 3 nitrogen and oxygen atoms in total. The standard InChI is InChI=1S/C9H12ClN3S.ClH/c1-6(2)11-5-7-8(10)12-9-13(7)3-4-14-9;/h3-4,6,11H,5H2,1-2H3;1H. The van der Waals surface area contributed by atoms with Crippen LogP contribution in [0.1, 0.15) is 19.5 Å². The quantitative estimate of drug-likeness (QED) is 0.925. The minimum Gasteiger partial charge on any atom is -0.309 e. The van der Waals surface area contributed by atoms with Crippen molar-refractivity contribution in [1.29, 1.82) is 0 Å². The average molecular weight is 266 g/mol. The molecule has 0 atom stereocenters. The molecule has 84 valence electrons. The highest BCUT2D eigenvalue weighted by atomic mass is 35.5. The van der Waals surface area contributed by atoms with E-state index in [-0.39, 0.29) is 12.4 Å². The van der Waals surface area contributed by atoms with Crippen molar-refractivity contribution in [3.63, 3.8) is 0 Å². The summed E-state index contributed by atoms with van der Waals surface area (Å²) in [6, 6.07) is 0.454. The number of aromatic nitrogens is 2. The third kappa shape index (κ3) is 2.64. The summed E-state index contributed by atoms with van der Waals surface area (Å²) in [5, 5.41) is 5.94. The lowest BCUT2D eigenvalue weighted by molar-refractivity contribution is 0.580. The molecule has 15 heavy (non-hydrogen) atoms. The van der Waals surface area contributed by atoms with Crippen molar-refractivity contribution in [3.05, 3.63) is 22.4 Å². The lowest BCUT2D eigenvalue weighted by Crippen LogP contribution is -2.22. The highest BCUT2D eigenvalue weighted by Crippen LogP contribution is 2.20. The zero-order chi connectivity index (χ0) is 10.1. The third-order valence-electron chi connectivity index (χ3n) is 1.99. The number of imidazole rings is 1. The molecule has 2 aromatic rings. The van der Waals surface area contributed by atoms with Crippen molar-refractivity contribution in [2.45, 2.75) is 26.4 Å². The number of halogens is 2. The van der Waals surface area contributed by atoms with E-state index < -0.39 is 0 Å². The maximum atomic E-state index is 6.03. The molecule has 0 aliphatic rings. The van der Waals surface area contributed by atoms with Gasteiger partial charge in [0.1, 0.15) is 0 Å². The van der Waals surface area contributed by atoms with Gasteiger partial charge in [-0.3, -0.25) is 4.40 Å². The van der Waals surface area contributed by atoms with Crippen molar-refractivity contribution in [2.75, 3.05) is 0 Å². The third-order valence-corrected chi connectivity index (χ3v) is 3.05. The number of nitrogens with zero attached hydrogens (tertiary/aromatic N) is 2. The SMILES string of the molecule is CC(C)NCc1c(Cl)nc2sccn12.Cl. The zero-order valence-corrected chi connectivity index (χ0v) is 10.9. The van der Waals surface area contributed by atoms with E-state index in [1.165, 1.54) is 0 Å². The molecule has 0 aliphatic carbocycles. The lowest BCUT2D eigenvalue weighted by atomic mass is 10.3. The van der Waals surface area contributed by atoms with E-state index >= 15 is 0 Å². The summed E-state index contributed by atoms with van der Waals surface area (Å²) in [5.74, 6) is 0. The molecule has 0 saturated carbocycles. The van der Waals surface area contributed by atoms with Crippen LogP contribution in [-0.4, -0.2) is 15.4 Å². The van der Waals surface area contributed by atoms with Gasteiger partial charge in [-0.25, -0.2) is 4.98 Å². The van der Waals surface area contributed by atoms with Gasteiger partial charge in [0, 0.05) is 24.2 Å². The minimum atomic E-state index is 0. The van der Waals surface area contributed by atoms with Gasteiger partial charge in [-0.2, -0.15) is 0 Å². The van der Waals surface area contributed by atoms with Crippen molar-refractivity contribution < 1.29 is 0 Å². The number of fused-ring (bicyclic) bond motifs is 1. The van der Waals surface area contributed by atoms with Crippen molar-refractivity contribution in [1.82, 2.24) is 14.7 Å². The van der Waals surface area contributed by atoms with Gasteiger partial charge in [0.05, 0.1) is 5.69 Å². The Morgan fingerprint density at radius 3 is 3.00 bits per heavy atom. The summed E-state index contributed by atoms with van der Waals surface area (Å²) in [5.41, 5.74) is 1.04. The predicted molar refractivity (Wildman–Crippen MR) is 67.3 cm³/mol. The minimum absolute atomic E-state index is 0. The van der Waals surface area contributed by atoms with E-state index in [0.717, 1.165) is 17.2 Å². The molecule has 0 saturated heterocycles. The fourth-order valence-corrected chi connectivity index (χ4v) is 2.29. The maximum Gasteiger partial charge on any atom is 0.195 e. The van der Waals surface area contributed by atoms with Crippen LogP contribution in [-0.2, 0) is 6.54 Å². The zero-order valence-electron chi connectivity index (χ0n) is 8.53. The smallest absolute Gasteiger partial charge is 0.195 e. The van der Waals surface area contributed by atoms with E-state index in [1.807, 2.05) is 16.0 Å². The van der Waals surface area contributed by atoms with Crippen LogP contribution in [0.2, 0.25) is 5.15 Å². The molecule has 2 rings (SSSR count). The highest BCUT2D eigenvalue weighted by molar-refractivity contribution is 7.15. The first kappa shape index (κ1) is 12.8. The van der Waals surface area contributed by atoms with Crippen molar-refractivity contribution in [3.8, 4) is 0 Å². The Balaban J connectivity index is 0.00000112. The molecule has 0 radical (unpaired) electrons. The average Bonchev–Trinajstić information content (AvgIpc) is 2.61. The maximum absolute atomic E-state index is 6.03. The van der Waals surface area contributed by atoms with Crippen LogP contribution in [0.5, 0.6) is 0 Å². The summed E-state index contributed by atoms with van der Waals surface area (Å²) in [6.45, 7) is 4.98. The van der Waals surface area contributed by atoms with Crippen LogP contribution in [0.25, 0.3) is 4.96 Å². The van der Waals surface area contributed by atoms with Gasteiger partial charge in [0.2, 0.25) is 0 Å². The second-order valence-corrected chi connectivity index (χ2v) is 4.67. The predicted octanol–water partition coefficient (Wildman–Crippen LogP) is 2.97. The van der Waals surface area contributed by atoms with E-state index in [0.29, 0.717) is 11.2 Å². The summed E-state index contributed by atoms with van der Waals surface area (Å²) < 4.78 is 2.03. The molecule has 2 heterocycles. The van der Waals surface area contributed by atoms with Crippen molar-refractivity contribution in [2.24, 2.45) is 0 Å². The summed E-state index contributed by atoms with van der Waals surface area (Å²) in [4.78, 5) is 5.21. The molecule has 0 spiro atoms. The molecular formula is C9H13Cl2N3S. The Labute approximate surface area is 104 Å². The number of thiazole rings is 1. The molecule has 0 bridgehead atoms. The Kier molecular flexibility index (Phi) is 4.40. The number of hydrogen-bond acceptors (Lipinski definition) is 3. The fraction of sp³-hybridized carbons (Fsp3) is 0.444. The summed E-state index contributed by atoms with van der Waals surface area (Å²) >= 11 is 7.62. The Hall–Kier alpha value is -0.290. The van der Waals surface area contributed by atoms with Gasteiger partial charge >= 0.3 is 0 Å². The van der Waals surface area contributed by atoms with Gasteiger partial charge in [-0.05, 0) is 0 Å². The Bertz CT molecular complexity index is 435. The van der Waals surface area contributed by atoms with E-state index in [4.69, 9.17) is 11.6 Å². The van der Waals surface area contributed by atoms with Gasteiger partial charge in [0.25, 0.3) is 0 Å². The van der Waals surface area contributed by atoms with Gasteiger partial charge < -0.3 is 5.32 Å². The molecule has 0 fully saturated rings. The van der Waals surface area contributed by atoms with Crippen LogP contribution in [0, 0.1) is 0 Å². The first-order valence-corrected chi connectivity index (χ1v) is 5.77. The van der Waals surface area contributed by atoms with Crippen LogP contribution >= 0.6 is 35.3 Å². The fourth-order valence-electron chi connectivity index (χ4n) is 1.27. The first-order valence-electron chi connectivity index (χ1n) is 4.52. The first-order chi connectivity index (χ1) is 6.68. The molecule has 1 N–H and O–H groups in total. The van der Waals surface area contributed by atoms with E-state index in [9.17, 15) is 0 Å².